The molecule has 0 saturated carbocycles. The molecule has 1 fully saturated rings. The Morgan fingerprint density at radius 1 is 0.887 bits per heavy atom. The van der Waals surface area contributed by atoms with Crippen molar-refractivity contribution in [2.75, 3.05) is 12.3 Å². The highest BCUT2D eigenvalue weighted by Crippen LogP contribution is 2.40. The number of nitrogens with one attached hydrogen (secondary N) is 2. The Labute approximate surface area is 312 Å². The first-order valence-electron chi connectivity index (χ1n) is 17.8. The SMILES string of the molecule is CC(=O)NCCCCCC(=O)NCc1ccccc1-c1ccc(C2OC(CSc3nnnn3-c3ccc(O)cc3)CC(c3ccc(CO)cc3)O2)cc1. The van der Waals surface area contributed by atoms with Crippen molar-refractivity contribution in [1.29, 1.82) is 0 Å². The topological polar surface area (TPSA) is 161 Å². The van der Waals surface area contributed by atoms with Crippen molar-refractivity contribution in [2.24, 2.45) is 0 Å². The maximum Gasteiger partial charge on any atom is 0.220 e. The molecule has 13 heteroatoms. The van der Waals surface area contributed by atoms with Crippen LogP contribution < -0.4 is 10.6 Å². The Kier molecular flexibility index (Phi) is 13.2. The van der Waals surface area contributed by atoms with Gasteiger partial charge in [0, 0.05) is 44.2 Å². The Morgan fingerprint density at radius 2 is 1.64 bits per heavy atom. The van der Waals surface area contributed by atoms with Crippen molar-refractivity contribution in [3.05, 3.63) is 119 Å². The van der Waals surface area contributed by atoms with Gasteiger partial charge in [-0.05, 0) is 75.4 Å². The number of aliphatic hydroxyl groups excluding tert-OH is 1. The van der Waals surface area contributed by atoms with Crippen LogP contribution in [-0.4, -0.2) is 60.6 Å². The van der Waals surface area contributed by atoms with Crippen LogP contribution in [0.25, 0.3) is 16.8 Å². The lowest BCUT2D eigenvalue weighted by Crippen LogP contribution is -2.31. The second-order valence-electron chi connectivity index (χ2n) is 12.9. The standard InChI is InChI=1S/C40H44N6O6S/c1-27(48)41-22-6-2-3-9-38(50)42-24-32-7-4-5-8-36(32)29-14-16-31(17-15-29)39-51-35(23-37(52-39)30-12-10-28(25-47)11-13-30)26-53-40-43-44-45-46(40)33-18-20-34(49)21-19-33/h4-5,7-8,10-21,35,37,39,47,49H,2-3,6,9,22-26H2,1H3,(H,41,48)(H,42,50). The Hall–Kier alpha value is -5.08. The van der Waals surface area contributed by atoms with Crippen molar-refractivity contribution in [3.63, 3.8) is 0 Å². The summed E-state index contributed by atoms with van der Waals surface area (Å²) < 4.78 is 14.8. The van der Waals surface area contributed by atoms with Gasteiger partial charge in [-0.2, -0.15) is 4.68 Å². The summed E-state index contributed by atoms with van der Waals surface area (Å²) in [5.41, 5.74) is 6.49. The lowest BCUT2D eigenvalue weighted by Gasteiger charge is -2.36. The first-order valence-corrected chi connectivity index (χ1v) is 18.8. The van der Waals surface area contributed by atoms with Crippen LogP contribution in [0.4, 0.5) is 0 Å². The molecular weight excluding hydrogens is 693 g/mol. The van der Waals surface area contributed by atoms with E-state index in [9.17, 15) is 19.8 Å². The molecule has 0 bridgehead atoms. The highest BCUT2D eigenvalue weighted by molar-refractivity contribution is 7.99. The molecule has 4 N–H and O–H groups in total. The number of phenols is 1. The number of aromatic hydroxyl groups is 1. The van der Waals surface area contributed by atoms with E-state index in [-0.39, 0.29) is 36.4 Å². The monoisotopic (exact) mass is 736 g/mol. The van der Waals surface area contributed by atoms with Crippen molar-refractivity contribution >= 4 is 23.6 Å². The van der Waals surface area contributed by atoms with Gasteiger partial charge in [0.05, 0.1) is 24.5 Å². The lowest BCUT2D eigenvalue weighted by molar-refractivity contribution is -0.245. The van der Waals surface area contributed by atoms with Crippen LogP contribution in [-0.2, 0) is 32.2 Å². The molecule has 0 spiro atoms. The minimum absolute atomic E-state index is 0.00593. The molecule has 1 aliphatic heterocycles. The Balaban J connectivity index is 1.12. The number of thioether (sulfide) groups is 1. The van der Waals surface area contributed by atoms with E-state index in [1.807, 2.05) is 66.7 Å². The molecule has 3 unspecified atom stereocenters. The van der Waals surface area contributed by atoms with E-state index >= 15 is 0 Å². The molecule has 0 aliphatic carbocycles. The second-order valence-corrected chi connectivity index (χ2v) is 13.9. The second kappa shape index (κ2) is 18.6. The number of hydrogen-bond acceptors (Lipinski definition) is 10. The highest BCUT2D eigenvalue weighted by Gasteiger charge is 2.33. The maximum absolute atomic E-state index is 12.6. The molecular formula is C40H44N6O6S. The number of nitrogens with zero attached hydrogens (tertiary/aromatic N) is 4. The van der Waals surface area contributed by atoms with Gasteiger partial charge >= 0.3 is 0 Å². The average Bonchev–Trinajstić information content (AvgIpc) is 3.66. The number of amides is 2. The predicted octanol–water partition coefficient (Wildman–Crippen LogP) is 6.18. The van der Waals surface area contributed by atoms with Crippen molar-refractivity contribution in [3.8, 4) is 22.6 Å². The van der Waals surface area contributed by atoms with Gasteiger partial charge in [-0.25, -0.2) is 0 Å². The minimum Gasteiger partial charge on any atom is -0.508 e. The van der Waals surface area contributed by atoms with Gasteiger partial charge in [-0.1, -0.05) is 91.0 Å². The number of benzene rings is 4. The molecule has 276 valence electrons. The zero-order valence-corrected chi connectivity index (χ0v) is 30.4. The van der Waals surface area contributed by atoms with Gasteiger partial charge < -0.3 is 30.3 Å². The van der Waals surface area contributed by atoms with Gasteiger partial charge in [0.1, 0.15) is 5.75 Å². The molecule has 2 amide bonds. The van der Waals surface area contributed by atoms with E-state index in [0.29, 0.717) is 36.8 Å². The van der Waals surface area contributed by atoms with Crippen LogP contribution in [0.15, 0.2) is 102 Å². The highest BCUT2D eigenvalue weighted by atomic mass is 32.2. The maximum atomic E-state index is 12.6. The number of phenolic OH excluding ortho intramolecular Hbond substituents is 1. The summed E-state index contributed by atoms with van der Waals surface area (Å²) in [6, 6.07) is 30.6. The first-order chi connectivity index (χ1) is 25.9. The number of aliphatic hydroxyl groups is 1. The quantitative estimate of drug-likeness (QED) is 0.0681. The first kappa shape index (κ1) is 37.7. The largest absolute Gasteiger partial charge is 0.508 e. The lowest BCUT2D eigenvalue weighted by atomic mass is 9.97. The minimum atomic E-state index is -0.633. The molecule has 2 heterocycles. The number of tetrazole rings is 1. The summed E-state index contributed by atoms with van der Waals surface area (Å²) in [6.45, 7) is 2.52. The summed E-state index contributed by atoms with van der Waals surface area (Å²) in [6.07, 6.45) is 2.47. The van der Waals surface area contributed by atoms with E-state index < -0.39 is 6.29 Å². The van der Waals surface area contributed by atoms with Crippen LogP contribution in [0.5, 0.6) is 5.75 Å². The van der Waals surface area contributed by atoms with Crippen LogP contribution in [0.3, 0.4) is 0 Å². The number of unbranched alkanes of at least 4 members (excludes halogenated alkanes) is 2. The third-order valence-corrected chi connectivity index (χ3v) is 10.0. The number of carbonyl (C=O) groups excluding carboxylic acids is 2. The molecule has 4 aromatic carbocycles. The fourth-order valence-corrected chi connectivity index (χ4v) is 7.03. The fraction of sp³-hybridized carbons (Fsp3) is 0.325. The zero-order chi connectivity index (χ0) is 37.0. The number of aromatic nitrogens is 4. The molecule has 1 saturated heterocycles. The Morgan fingerprint density at radius 3 is 2.40 bits per heavy atom. The van der Waals surface area contributed by atoms with Gasteiger partial charge in [0.25, 0.3) is 0 Å². The number of rotatable bonds is 16. The zero-order valence-electron chi connectivity index (χ0n) is 29.6. The molecule has 53 heavy (non-hydrogen) atoms. The molecule has 1 aliphatic rings. The van der Waals surface area contributed by atoms with Gasteiger partial charge in [0.2, 0.25) is 17.0 Å². The van der Waals surface area contributed by atoms with Crippen molar-refractivity contribution in [1.82, 2.24) is 30.8 Å². The van der Waals surface area contributed by atoms with Gasteiger partial charge in [-0.15, -0.1) is 5.10 Å². The summed E-state index contributed by atoms with van der Waals surface area (Å²) in [7, 11) is 0. The van der Waals surface area contributed by atoms with Crippen LogP contribution in [0.1, 0.15) is 73.7 Å². The smallest absolute Gasteiger partial charge is 0.220 e. The van der Waals surface area contributed by atoms with Gasteiger partial charge in [0.15, 0.2) is 6.29 Å². The van der Waals surface area contributed by atoms with E-state index in [4.69, 9.17) is 9.47 Å². The fourth-order valence-electron chi connectivity index (χ4n) is 6.12. The summed E-state index contributed by atoms with van der Waals surface area (Å²) in [4.78, 5) is 23.6. The Bertz CT molecular complexity index is 1940. The van der Waals surface area contributed by atoms with Crippen molar-refractivity contribution < 1.29 is 29.3 Å². The van der Waals surface area contributed by atoms with E-state index in [1.165, 1.54) is 18.7 Å². The number of carbonyl (C=O) groups is 2. The molecule has 0 radical (unpaired) electrons. The summed E-state index contributed by atoms with van der Waals surface area (Å²) in [5, 5.41) is 38.0. The van der Waals surface area contributed by atoms with Crippen LogP contribution in [0, 0.1) is 0 Å². The molecule has 3 atom stereocenters. The molecule has 1 aromatic heterocycles. The third kappa shape index (κ3) is 10.5. The molecule has 6 rings (SSSR count). The van der Waals surface area contributed by atoms with Crippen LogP contribution >= 0.6 is 11.8 Å². The average molecular weight is 737 g/mol. The number of ether oxygens (including phenoxy) is 2. The third-order valence-electron chi connectivity index (χ3n) is 8.99. The normalized spacial score (nSPS) is 17.0. The summed E-state index contributed by atoms with van der Waals surface area (Å²) in [5.74, 6) is 0.700. The van der Waals surface area contributed by atoms with Crippen molar-refractivity contribution in [2.45, 2.75) is 75.8 Å². The summed E-state index contributed by atoms with van der Waals surface area (Å²) >= 11 is 1.48. The molecule has 5 aromatic rings. The molecule has 12 nitrogen and oxygen atoms in total. The van der Waals surface area contributed by atoms with E-state index in [1.54, 1.807) is 28.9 Å². The predicted molar refractivity (Wildman–Crippen MR) is 201 cm³/mol. The van der Waals surface area contributed by atoms with Crippen LogP contribution in [0.2, 0.25) is 0 Å². The van der Waals surface area contributed by atoms with Gasteiger partial charge in [-0.3, -0.25) is 9.59 Å². The van der Waals surface area contributed by atoms with E-state index in [0.717, 1.165) is 58.3 Å². The number of hydrogen-bond donors (Lipinski definition) is 4. The van der Waals surface area contributed by atoms with E-state index in [2.05, 4.69) is 32.2 Å².